The molecular weight excluding hydrogens is 106 g/mol. The van der Waals surface area contributed by atoms with Crippen LogP contribution in [0.4, 0.5) is 0 Å². The van der Waals surface area contributed by atoms with E-state index in [-0.39, 0.29) is 12.1 Å². The molecule has 0 aromatic carbocycles. The number of hydrogen-bond acceptors (Lipinski definition) is 3. The van der Waals surface area contributed by atoms with Crippen molar-refractivity contribution in [2.75, 3.05) is 6.54 Å². The van der Waals surface area contributed by atoms with Crippen LogP contribution in [-0.2, 0) is 4.79 Å². The fourth-order valence-corrected chi connectivity index (χ4v) is 0.579. The Morgan fingerprint density at radius 1 is 1.88 bits per heavy atom. The predicted molar refractivity (Wildman–Crippen MR) is 28.7 cm³/mol. The molecule has 4 heteroatoms. The molecule has 1 rings (SSSR count). The standard InChI is InChI=1S/C4H7N3O/c5-1-3-6-2-4(8)7-3/h1,3,5-6H,2H2,(H,7,8). The van der Waals surface area contributed by atoms with E-state index in [4.69, 9.17) is 5.41 Å². The summed E-state index contributed by atoms with van der Waals surface area (Å²) in [6.45, 7) is 0.333. The summed E-state index contributed by atoms with van der Waals surface area (Å²) in [6, 6.07) is 0. The van der Waals surface area contributed by atoms with Gasteiger partial charge in [0.1, 0.15) is 6.17 Å². The molecule has 8 heavy (non-hydrogen) atoms. The van der Waals surface area contributed by atoms with Gasteiger partial charge in [0.15, 0.2) is 0 Å². The number of carbonyl (C=O) groups excluding carboxylic acids is 1. The van der Waals surface area contributed by atoms with Gasteiger partial charge in [-0.05, 0) is 0 Å². The fraction of sp³-hybridized carbons (Fsp3) is 0.500. The Labute approximate surface area is 46.8 Å². The molecule has 1 aliphatic heterocycles. The molecule has 1 fully saturated rings. The lowest BCUT2D eigenvalue weighted by Crippen LogP contribution is -2.32. The van der Waals surface area contributed by atoms with Crippen molar-refractivity contribution in [2.24, 2.45) is 0 Å². The topological polar surface area (TPSA) is 65.0 Å². The van der Waals surface area contributed by atoms with E-state index in [0.29, 0.717) is 6.54 Å². The minimum Gasteiger partial charge on any atom is -0.335 e. The quantitative estimate of drug-likeness (QED) is 0.369. The molecule has 0 saturated carbocycles. The molecule has 3 N–H and O–H groups in total. The van der Waals surface area contributed by atoms with Crippen LogP contribution in [0, 0.1) is 5.41 Å². The normalized spacial score (nSPS) is 27.5. The van der Waals surface area contributed by atoms with E-state index in [1.54, 1.807) is 0 Å². The zero-order valence-corrected chi connectivity index (χ0v) is 4.27. The van der Waals surface area contributed by atoms with Crippen LogP contribution >= 0.6 is 0 Å². The third kappa shape index (κ3) is 0.840. The van der Waals surface area contributed by atoms with Crippen molar-refractivity contribution in [3.8, 4) is 0 Å². The highest BCUT2D eigenvalue weighted by atomic mass is 16.2. The van der Waals surface area contributed by atoms with Gasteiger partial charge in [-0.25, -0.2) is 0 Å². The number of nitrogens with one attached hydrogen (secondary N) is 3. The van der Waals surface area contributed by atoms with Crippen LogP contribution in [0.25, 0.3) is 0 Å². The van der Waals surface area contributed by atoms with Crippen LogP contribution < -0.4 is 10.6 Å². The zero-order valence-electron chi connectivity index (χ0n) is 4.27. The molecule has 0 aromatic heterocycles. The van der Waals surface area contributed by atoms with Crippen molar-refractivity contribution in [1.29, 1.82) is 5.41 Å². The summed E-state index contributed by atoms with van der Waals surface area (Å²) >= 11 is 0. The van der Waals surface area contributed by atoms with Crippen LogP contribution in [0.3, 0.4) is 0 Å². The van der Waals surface area contributed by atoms with Gasteiger partial charge in [0.25, 0.3) is 0 Å². The molecule has 4 nitrogen and oxygen atoms in total. The molecule has 1 atom stereocenters. The van der Waals surface area contributed by atoms with Gasteiger partial charge in [0.05, 0.1) is 6.54 Å². The second-order valence-corrected chi connectivity index (χ2v) is 1.59. The molecule has 0 radical (unpaired) electrons. The molecule has 0 aliphatic carbocycles. The third-order valence-electron chi connectivity index (χ3n) is 0.966. The van der Waals surface area contributed by atoms with E-state index in [2.05, 4.69) is 10.6 Å². The van der Waals surface area contributed by atoms with Crippen LogP contribution in [0.1, 0.15) is 0 Å². The molecule has 0 spiro atoms. The van der Waals surface area contributed by atoms with E-state index in [9.17, 15) is 4.79 Å². The summed E-state index contributed by atoms with van der Waals surface area (Å²) in [5, 5.41) is 12.0. The van der Waals surface area contributed by atoms with E-state index >= 15 is 0 Å². The van der Waals surface area contributed by atoms with Crippen LogP contribution in [0.5, 0.6) is 0 Å². The highest BCUT2D eigenvalue weighted by Crippen LogP contribution is 1.80. The first kappa shape index (κ1) is 5.24. The highest BCUT2D eigenvalue weighted by Gasteiger charge is 2.15. The van der Waals surface area contributed by atoms with Crippen LogP contribution in [0.15, 0.2) is 0 Å². The monoisotopic (exact) mass is 113 g/mol. The van der Waals surface area contributed by atoms with Gasteiger partial charge in [0, 0.05) is 6.21 Å². The second-order valence-electron chi connectivity index (χ2n) is 1.59. The molecule has 1 saturated heterocycles. The third-order valence-corrected chi connectivity index (χ3v) is 0.966. The maximum Gasteiger partial charge on any atom is 0.235 e. The van der Waals surface area contributed by atoms with Crippen molar-refractivity contribution in [3.05, 3.63) is 0 Å². The van der Waals surface area contributed by atoms with Crippen molar-refractivity contribution in [2.45, 2.75) is 6.17 Å². The first-order valence-corrected chi connectivity index (χ1v) is 2.36. The fourth-order valence-electron chi connectivity index (χ4n) is 0.579. The van der Waals surface area contributed by atoms with Crippen molar-refractivity contribution < 1.29 is 4.79 Å². The van der Waals surface area contributed by atoms with Crippen molar-refractivity contribution >= 4 is 12.1 Å². The van der Waals surface area contributed by atoms with Gasteiger partial charge in [-0.15, -0.1) is 0 Å². The molecule has 1 aliphatic rings. The first-order chi connectivity index (χ1) is 3.83. The molecule has 1 unspecified atom stereocenters. The Hall–Kier alpha value is -0.900. The van der Waals surface area contributed by atoms with E-state index in [0.717, 1.165) is 6.21 Å². The van der Waals surface area contributed by atoms with Gasteiger partial charge >= 0.3 is 0 Å². The number of amides is 1. The first-order valence-electron chi connectivity index (χ1n) is 2.36. The van der Waals surface area contributed by atoms with Gasteiger partial charge in [-0.1, -0.05) is 0 Å². The number of carbonyl (C=O) groups is 1. The Morgan fingerprint density at radius 3 is 2.88 bits per heavy atom. The average molecular weight is 113 g/mol. The van der Waals surface area contributed by atoms with Gasteiger partial charge in [-0.2, -0.15) is 0 Å². The molecular formula is C4H7N3O. The van der Waals surface area contributed by atoms with Gasteiger partial charge in [-0.3, -0.25) is 10.1 Å². The minimum atomic E-state index is -0.234. The molecule has 1 amide bonds. The summed E-state index contributed by atoms with van der Waals surface area (Å²) < 4.78 is 0. The summed E-state index contributed by atoms with van der Waals surface area (Å²) in [4.78, 5) is 10.3. The zero-order chi connectivity index (χ0) is 5.98. The molecule has 44 valence electrons. The summed E-state index contributed by atoms with van der Waals surface area (Å²) in [6.07, 6.45) is 0.924. The molecule has 0 bridgehead atoms. The summed E-state index contributed by atoms with van der Waals surface area (Å²) in [7, 11) is 0. The number of hydrogen-bond donors (Lipinski definition) is 3. The lowest BCUT2D eigenvalue weighted by Gasteiger charge is -1.98. The lowest BCUT2D eigenvalue weighted by molar-refractivity contribution is -0.118. The maximum absolute atomic E-state index is 10.3. The lowest BCUT2D eigenvalue weighted by atomic mass is 10.6. The van der Waals surface area contributed by atoms with Crippen molar-refractivity contribution in [1.82, 2.24) is 10.6 Å². The van der Waals surface area contributed by atoms with Crippen LogP contribution in [-0.4, -0.2) is 24.8 Å². The van der Waals surface area contributed by atoms with Gasteiger partial charge in [0.2, 0.25) is 5.91 Å². The SMILES string of the molecule is N=CC1NCC(=O)N1. The molecule has 1 heterocycles. The van der Waals surface area contributed by atoms with E-state index in [1.807, 2.05) is 0 Å². The number of rotatable bonds is 1. The smallest absolute Gasteiger partial charge is 0.235 e. The van der Waals surface area contributed by atoms with Crippen LogP contribution in [0.2, 0.25) is 0 Å². The summed E-state index contributed by atoms with van der Waals surface area (Å²) in [5.41, 5.74) is 0. The van der Waals surface area contributed by atoms with Gasteiger partial charge < -0.3 is 10.7 Å². The highest BCUT2D eigenvalue weighted by molar-refractivity contribution is 5.84. The summed E-state index contributed by atoms with van der Waals surface area (Å²) in [5.74, 6) is -0.0431. The molecule has 0 aromatic rings. The van der Waals surface area contributed by atoms with E-state index in [1.165, 1.54) is 0 Å². The largest absolute Gasteiger partial charge is 0.335 e. The second kappa shape index (κ2) is 1.92. The Kier molecular flexibility index (Phi) is 1.26. The Bertz CT molecular complexity index is 122. The van der Waals surface area contributed by atoms with Crippen molar-refractivity contribution in [3.63, 3.8) is 0 Å². The maximum atomic E-state index is 10.3. The predicted octanol–water partition coefficient (Wildman–Crippen LogP) is -1.32. The minimum absolute atomic E-state index is 0.0431. The Morgan fingerprint density at radius 2 is 2.62 bits per heavy atom. The van der Waals surface area contributed by atoms with E-state index < -0.39 is 0 Å². The average Bonchev–Trinajstić information content (AvgIpc) is 2.14. The Balaban J connectivity index is 2.43.